The number of ketones is 1. The predicted octanol–water partition coefficient (Wildman–Crippen LogP) is 5.15. The van der Waals surface area contributed by atoms with Gasteiger partial charge in [-0.1, -0.05) is 29.8 Å². The first-order chi connectivity index (χ1) is 17.9. The molecule has 1 amide bonds. The number of rotatable bonds is 7. The standard InChI is InChI=1S/C29H27NO7/c1-4-34-21-12-10-20(15-24(21)35-5-2)30-26(18-8-6-7-17(3)13-18)25(28(32)29(30)33)27(31)19-9-11-22-23(14-19)37-16-36-22/h6-15,26,31H,4-5,16H2,1-3H3/b27-25-. The van der Waals surface area contributed by atoms with Crippen LogP contribution in [0.3, 0.4) is 0 Å². The third kappa shape index (κ3) is 4.35. The van der Waals surface area contributed by atoms with Gasteiger partial charge in [-0.25, -0.2) is 0 Å². The van der Waals surface area contributed by atoms with Crippen molar-refractivity contribution in [2.24, 2.45) is 0 Å². The summed E-state index contributed by atoms with van der Waals surface area (Å²) in [7, 11) is 0. The van der Waals surface area contributed by atoms with Gasteiger partial charge >= 0.3 is 0 Å². The minimum atomic E-state index is -0.863. The lowest BCUT2D eigenvalue weighted by Gasteiger charge is -2.26. The van der Waals surface area contributed by atoms with Crippen LogP contribution in [0.5, 0.6) is 23.0 Å². The summed E-state index contributed by atoms with van der Waals surface area (Å²) in [6.45, 7) is 6.57. The second-order valence-corrected chi connectivity index (χ2v) is 8.65. The zero-order valence-electron chi connectivity index (χ0n) is 20.8. The Hall–Kier alpha value is -4.46. The number of anilines is 1. The number of amides is 1. The average Bonchev–Trinajstić information content (AvgIpc) is 3.47. The highest BCUT2D eigenvalue weighted by molar-refractivity contribution is 6.51. The Bertz CT molecular complexity index is 1410. The normalized spacial score (nSPS) is 17.8. The number of aryl methyl sites for hydroxylation is 1. The first kappa shape index (κ1) is 24.2. The van der Waals surface area contributed by atoms with Crippen molar-refractivity contribution in [3.05, 3.63) is 82.9 Å². The largest absolute Gasteiger partial charge is 0.507 e. The van der Waals surface area contributed by atoms with Crippen LogP contribution < -0.4 is 23.8 Å². The second-order valence-electron chi connectivity index (χ2n) is 8.65. The Kier molecular flexibility index (Phi) is 6.48. The van der Waals surface area contributed by atoms with Crippen LogP contribution in [0.2, 0.25) is 0 Å². The molecule has 1 unspecified atom stereocenters. The van der Waals surface area contributed by atoms with E-state index in [4.69, 9.17) is 18.9 Å². The maximum atomic E-state index is 13.5. The van der Waals surface area contributed by atoms with Gasteiger partial charge in [-0.15, -0.1) is 0 Å². The van der Waals surface area contributed by atoms with Crippen LogP contribution in [0.25, 0.3) is 5.76 Å². The van der Waals surface area contributed by atoms with E-state index in [-0.39, 0.29) is 18.1 Å². The second kappa shape index (κ2) is 9.89. The lowest BCUT2D eigenvalue weighted by molar-refractivity contribution is -0.132. The van der Waals surface area contributed by atoms with Crippen molar-refractivity contribution in [2.45, 2.75) is 26.8 Å². The van der Waals surface area contributed by atoms with Crippen LogP contribution in [-0.4, -0.2) is 36.8 Å². The third-order valence-electron chi connectivity index (χ3n) is 6.25. The molecule has 0 spiro atoms. The summed E-state index contributed by atoms with van der Waals surface area (Å²) in [6, 6.07) is 16.7. The Morgan fingerprint density at radius 2 is 1.70 bits per heavy atom. The third-order valence-corrected chi connectivity index (χ3v) is 6.25. The molecule has 0 radical (unpaired) electrons. The van der Waals surface area contributed by atoms with E-state index in [0.717, 1.165) is 5.56 Å². The lowest BCUT2D eigenvalue weighted by Crippen LogP contribution is -2.29. The van der Waals surface area contributed by atoms with E-state index in [1.807, 2.05) is 45.0 Å². The van der Waals surface area contributed by atoms with E-state index in [1.165, 1.54) is 4.90 Å². The summed E-state index contributed by atoms with van der Waals surface area (Å²) in [5.74, 6) is 0.179. The van der Waals surface area contributed by atoms with Crippen LogP contribution in [-0.2, 0) is 9.59 Å². The van der Waals surface area contributed by atoms with Crippen molar-refractivity contribution in [2.75, 3.05) is 24.9 Å². The average molecular weight is 502 g/mol. The zero-order chi connectivity index (χ0) is 26.1. The summed E-state index contributed by atoms with van der Waals surface area (Å²) < 4.78 is 22.2. The summed E-state index contributed by atoms with van der Waals surface area (Å²) >= 11 is 0. The van der Waals surface area contributed by atoms with Gasteiger partial charge in [0.2, 0.25) is 6.79 Å². The van der Waals surface area contributed by atoms with Crippen molar-refractivity contribution in [1.29, 1.82) is 0 Å². The van der Waals surface area contributed by atoms with Gasteiger partial charge in [-0.05, 0) is 56.7 Å². The molecule has 0 bridgehead atoms. The number of hydrogen-bond donors (Lipinski definition) is 1. The van der Waals surface area contributed by atoms with Gasteiger partial charge in [0, 0.05) is 17.3 Å². The molecule has 1 N–H and O–H groups in total. The van der Waals surface area contributed by atoms with E-state index in [0.29, 0.717) is 53.0 Å². The molecular formula is C29H27NO7. The van der Waals surface area contributed by atoms with Crippen molar-refractivity contribution >= 4 is 23.1 Å². The summed E-state index contributed by atoms with van der Waals surface area (Å²) in [4.78, 5) is 28.4. The van der Waals surface area contributed by atoms with E-state index in [2.05, 4.69) is 0 Å². The van der Waals surface area contributed by atoms with E-state index in [1.54, 1.807) is 36.4 Å². The van der Waals surface area contributed by atoms with Crippen LogP contribution in [0.4, 0.5) is 5.69 Å². The van der Waals surface area contributed by atoms with Crippen LogP contribution >= 0.6 is 0 Å². The van der Waals surface area contributed by atoms with Gasteiger partial charge < -0.3 is 24.1 Å². The van der Waals surface area contributed by atoms with Crippen LogP contribution in [0, 0.1) is 6.92 Å². The monoisotopic (exact) mass is 501 g/mol. The minimum absolute atomic E-state index is 0.0127. The lowest BCUT2D eigenvalue weighted by atomic mass is 9.94. The van der Waals surface area contributed by atoms with Gasteiger partial charge in [0.25, 0.3) is 11.7 Å². The van der Waals surface area contributed by atoms with Crippen molar-refractivity contribution in [3.8, 4) is 23.0 Å². The zero-order valence-corrected chi connectivity index (χ0v) is 20.8. The maximum absolute atomic E-state index is 13.5. The number of nitrogens with zero attached hydrogens (tertiary/aromatic N) is 1. The molecule has 5 rings (SSSR count). The Balaban J connectivity index is 1.68. The number of Topliss-reactive ketones (excluding diaryl/α,β-unsaturated/α-hetero) is 1. The maximum Gasteiger partial charge on any atom is 0.300 e. The number of carbonyl (C=O) groups excluding carboxylic acids is 2. The molecule has 1 atom stereocenters. The quantitative estimate of drug-likeness (QED) is 0.272. The molecular weight excluding hydrogens is 474 g/mol. The molecule has 1 saturated heterocycles. The molecule has 3 aromatic rings. The van der Waals surface area contributed by atoms with Crippen LogP contribution in [0.15, 0.2) is 66.2 Å². The first-order valence-electron chi connectivity index (χ1n) is 12.1. The Morgan fingerprint density at radius 3 is 2.46 bits per heavy atom. The Labute approximate surface area is 214 Å². The van der Waals surface area contributed by atoms with Crippen molar-refractivity contribution in [1.82, 2.24) is 0 Å². The molecule has 8 nitrogen and oxygen atoms in total. The topological polar surface area (TPSA) is 94.5 Å². The number of ether oxygens (including phenoxy) is 4. The van der Waals surface area contributed by atoms with Gasteiger partial charge in [-0.3, -0.25) is 14.5 Å². The molecule has 8 heteroatoms. The number of hydrogen-bond acceptors (Lipinski definition) is 7. The highest BCUT2D eigenvalue weighted by Crippen LogP contribution is 2.45. The molecule has 0 saturated carbocycles. The van der Waals surface area contributed by atoms with Gasteiger partial charge in [0.15, 0.2) is 23.0 Å². The molecule has 0 aliphatic carbocycles. The summed E-state index contributed by atoms with van der Waals surface area (Å²) in [6.07, 6.45) is 0. The van der Waals surface area contributed by atoms with E-state index < -0.39 is 17.7 Å². The molecule has 0 aromatic heterocycles. The fraction of sp³-hybridized carbons (Fsp3) is 0.241. The predicted molar refractivity (Wildman–Crippen MR) is 137 cm³/mol. The summed E-state index contributed by atoms with van der Waals surface area (Å²) in [5.41, 5.74) is 2.43. The van der Waals surface area contributed by atoms with E-state index in [9.17, 15) is 14.7 Å². The van der Waals surface area contributed by atoms with Gasteiger partial charge in [-0.2, -0.15) is 0 Å². The molecule has 2 aliphatic heterocycles. The fourth-order valence-electron chi connectivity index (χ4n) is 4.64. The van der Waals surface area contributed by atoms with E-state index >= 15 is 0 Å². The summed E-state index contributed by atoms with van der Waals surface area (Å²) in [5, 5.41) is 11.4. The number of aliphatic hydroxyl groups excluding tert-OH is 1. The SMILES string of the molecule is CCOc1ccc(N2C(=O)C(=O)/C(=C(\O)c3ccc4c(c3)OCO4)C2c2cccc(C)c2)cc1OCC. The highest BCUT2D eigenvalue weighted by Gasteiger charge is 2.47. The molecule has 190 valence electrons. The molecule has 2 aliphatic rings. The molecule has 1 fully saturated rings. The van der Waals surface area contributed by atoms with Gasteiger partial charge in [0.1, 0.15) is 5.76 Å². The number of aliphatic hydroxyl groups is 1. The van der Waals surface area contributed by atoms with Crippen molar-refractivity contribution in [3.63, 3.8) is 0 Å². The minimum Gasteiger partial charge on any atom is -0.507 e. The highest BCUT2D eigenvalue weighted by atomic mass is 16.7. The van der Waals surface area contributed by atoms with Crippen LogP contribution in [0.1, 0.15) is 36.6 Å². The fourth-order valence-corrected chi connectivity index (χ4v) is 4.64. The number of carbonyl (C=O) groups is 2. The molecule has 3 aromatic carbocycles. The molecule has 2 heterocycles. The smallest absolute Gasteiger partial charge is 0.300 e. The molecule has 37 heavy (non-hydrogen) atoms. The number of fused-ring (bicyclic) bond motifs is 1. The van der Waals surface area contributed by atoms with Gasteiger partial charge in [0.05, 0.1) is 24.8 Å². The first-order valence-corrected chi connectivity index (χ1v) is 12.1. The Morgan fingerprint density at radius 1 is 0.946 bits per heavy atom. The van der Waals surface area contributed by atoms with Crippen molar-refractivity contribution < 1.29 is 33.6 Å². The number of benzene rings is 3.